The Balaban J connectivity index is 2.83. The van der Waals surface area contributed by atoms with E-state index in [2.05, 4.69) is 25.4 Å². The third kappa shape index (κ3) is 4.83. The fraction of sp³-hybridized carbons (Fsp3) is 0.455. The maximum absolute atomic E-state index is 11.8. The summed E-state index contributed by atoms with van der Waals surface area (Å²) in [5, 5.41) is 0. The van der Waals surface area contributed by atoms with E-state index >= 15 is 0 Å². The molecule has 7 heteroatoms. The number of ether oxygens (including phenoxy) is 1. The van der Waals surface area contributed by atoms with Gasteiger partial charge in [0.05, 0.1) is 12.8 Å². The van der Waals surface area contributed by atoms with Crippen LogP contribution < -0.4 is 14.2 Å². The molecule has 0 aliphatic rings. The van der Waals surface area contributed by atoms with Crippen LogP contribution in [-0.2, 0) is 10.2 Å². The van der Waals surface area contributed by atoms with Crippen LogP contribution in [0.2, 0.25) is 0 Å². The van der Waals surface area contributed by atoms with Gasteiger partial charge in [0.25, 0.3) is 10.2 Å². The largest absolute Gasteiger partial charge is 0.497 e. The predicted octanol–water partition coefficient (Wildman–Crippen LogP) is 2.36. The molecule has 5 nitrogen and oxygen atoms in total. The van der Waals surface area contributed by atoms with Gasteiger partial charge in [-0.15, -0.1) is 0 Å². The first-order valence-corrected chi connectivity index (χ1v) is 7.72. The third-order valence-electron chi connectivity index (χ3n) is 2.10. The lowest BCUT2D eigenvalue weighted by atomic mass is 10.2. The van der Waals surface area contributed by atoms with Crippen molar-refractivity contribution in [3.8, 4) is 5.75 Å². The molecule has 0 saturated carbocycles. The van der Waals surface area contributed by atoms with Crippen LogP contribution in [0.15, 0.2) is 22.7 Å². The molecule has 18 heavy (non-hydrogen) atoms. The van der Waals surface area contributed by atoms with Crippen molar-refractivity contribution in [1.29, 1.82) is 0 Å². The zero-order valence-corrected chi connectivity index (χ0v) is 12.9. The third-order valence-corrected chi connectivity index (χ3v) is 3.83. The van der Waals surface area contributed by atoms with E-state index in [0.717, 1.165) is 0 Å². The summed E-state index contributed by atoms with van der Waals surface area (Å²) in [6, 6.07) is 5.07. The zero-order valence-electron chi connectivity index (χ0n) is 10.5. The van der Waals surface area contributed by atoms with Crippen molar-refractivity contribution in [2.45, 2.75) is 13.8 Å². The highest BCUT2D eigenvalue weighted by atomic mass is 79.9. The van der Waals surface area contributed by atoms with Crippen molar-refractivity contribution in [3.05, 3.63) is 22.7 Å². The van der Waals surface area contributed by atoms with Crippen molar-refractivity contribution in [2.24, 2.45) is 5.92 Å². The Morgan fingerprint density at radius 3 is 2.61 bits per heavy atom. The highest BCUT2D eigenvalue weighted by Gasteiger charge is 2.12. The van der Waals surface area contributed by atoms with Gasteiger partial charge in [-0.2, -0.15) is 13.1 Å². The van der Waals surface area contributed by atoms with Gasteiger partial charge in [0.1, 0.15) is 5.75 Å². The summed E-state index contributed by atoms with van der Waals surface area (Å²) >= 11 is 3.28. The van der Waals surface area contributed by atoms with E-state index < -0.39 is 10.2 Å². The van der Waals surface area contributed by atoms with Gasteiger partial charge in [0, 0.05) is 17.1 Å². The molecule has 1 aromatic rings. The number of hydrogen-bond donors (Lipinski definition) is 2. The molecule has 1 aromatic carbocycles. The maximum atomic E-state index is 11.8. The van der Waals surface area contributed by atoms with Crippen molar-refractivity contribution >= 4 is 31.8 Å². The van der Waals surface area contributed by atoms with E-state index in [1.807, 2.05) is 13.8 Å². The Labute approximate surface area is 116 Å². The molecule has 0 unspecified atom stereocenters. The number of rotatable bonds is 6. The Morgan fingerprint density at radius 2 is 2.06 bits per heavy atom. The van der Waals surface area contributed by atoms with Crippen LogP contribution >= 0.6 is 15.9 Å². The number of halogens is 1. The summed E-state index contributed by atoms with van der Waals surface area (Å²) in [7, 11) is -2.04. The SMILES string of the molecule is COc1ccc(Br)c(NS(=O)(=O)NCC(C)C)c1. The molecule has 0 fully saturated rings. The van der Waals surface area contributed by atoms with E-state index in [9.17, 15) is 8.42 Å². The highest BCUT2D eigenvalue weighted by Crippen LogP contribution is 2.27. The summed E-state index contributed by atoms with van der Waals surface area (Å²) in [4.78, 5) is 0. The fourth-order valence-electron chi connectivity index (χ4n) is 1.17. The number of hydrogen-bond acceptors (Lipinski definition) is 3. The van der Waals surface area contributed by atoms with Crippen molar-refractivity contribution < 1.29 is 13.2 Å². The summed E-state index contributed by atoms with van der Waals surface area (Å²) in [5.41, 5.74) is 0.436. The van der Waals surface area contributed by atoms with Gasteiger partial charge in [-0.3, -0.25) is 4.72 Å². The molecular weight excluding hydrogens is 320 g/mol. The lowest BCUT2D eigenvalue weighted by Crippen LogP contribution is -2.32. The second kappa shape index (κ2) is 6.40. The number of nitrogens with one attached hydrogen (secondary N) is 2. The van der Waals surface area contributed by atoms with Crippen molar-refractivity contribution in [1.82, 2.24) is 4.72 Å². The molecule has 102 valence electrons. The average Bonchev–Trinajstić information content (AvgIpc) is 2.29. The molecule has 0 aromatic heterocycles. The lowest BCUT2D eigenvalue weighted by Gasteiger charge is -2.12. The fourth-order valence-corrected chi connectivity index (χ4v) is 2.73. The normalized spacial score (nSPS) is 11.6. The van der Waals surface area contributed by atoms with Crippen LogP contribution in [0.5, 0.6) is 5.75 Å². The quantitative estimate of drug-likeness (QED) is 0.837. The highest BCUT2D eigenvalue weighted by molar-refractivity contribution is 9.10. The van der Waals surface area contributed by atoms with Gasteiger partial charge in [-0.1, -0.05) is 13.8 Å². The molecule has 0 radical (unpaired) electrons. The van der Waals surface area contributed by atoms with Crippen LogP contribution in [0.25, 0.3) is 0 Å². The van der Waals surface area contributed by atoms with Gasteiger partial charge in [0.2, 0.25) is 0 Å². The molecule has 0 bridgehead atoms. The van der Waals surface area contributed by atoms with E-state index in [-0.39, 0.29) is 5.92 Å². The van der Waals surface area contributed by atoms with Gasteiger partial charge in [0.15, 0.2) is 0 Å². The molecule has 0 aliphatic carbocycles. The van der Waals surface area contributed by atoms with Gasteiger partial charge < -0.3 is 4.74 Å². The number of methoxy groups -OCH3 is 1. The minimum Gasteiger partial charge on any atom is -0.497 e. The van der Waals surface area contributed by atoms with Crippen LogP contribution in [0.1, 0.15) is 13.8 Å². The van der Waals surface area contributed by atoms with Crippen LogP contribution in [-0.4, -0.2) is 22.1 Å². The average molecular weight is 337 g/mol. The summed E-state index contributed by atoms with van der Waals surface area (Å²) < 4.78 is 34.2. The second-order valence-electron chi connectivity index (χ2n) is 4.19. The first kappa shape index (κ1) is 15.3. The van der Waals surface area contributed by atoms with Crippen LogP contribution in [0.4, 0.5) is 5.69 Å². The maximum Gasteiger partial charge on any atom is 0.299 e. The Bertz CT molecular complexity index is 503. The Kier molecular flexibility index (Phi) is 5.43. The predicted molar refractivity (Wildman–Crippen MR) is 76.1 cm³/mol. The van der Waals surface area contributed by atoms with Crippen molar-refractivity contribution in [2.75, 3.05) is 18.4 Å². The van der Waals surface area contributed by atoms with Crippen LogP contribution in [0.3, 0.4) is 0 Å². The molecule has 2 N–H and O–H groups in total. The first-order valence-electron chi connectivity index (χ1n) is 5.45. The second-order valence-corrected chi connectivity index (χ2v) is 6.55. The van der Waals surface area contributed by atoms with Gasteiger partial charge in [-0.25, -0.2) is 0 Å². The molecule has 0 aliphatic heterocycles. The molecule has 0 spiro atoms. The van der Waals surface area contributed by atoms with Gasteiger partial charge >= 0.3 is 0 Å². The van der Waals surface area contributed by atoms with Crippen LogP contribution in [0, 0.1) is 5.92 Å². The lowest BCUT2D eigenvalue weighted by molar-refractivity contribution is 0.415. The first-order chi connectivity index (χ1) is 8.34. The molecule has 0 saturated heterocycles. The minimum absolute atomic E-state index is 0.246. The van der Waals surface area contributed by atoms with Crippen molar-refractivity contribution in [3.63, 3.8) is 0 Å². The van der Waals surface area contributed by atoms with E-state index in [4.69, 9.17) is 4.74 Å². The zero-order chi connectivity index (χ0) is 13.8. The monoisotopic (exact) mass is 336 g/mol. The van der Waals surface area contributed by atoms with E-state index in [1.54, 1.807) is 18.2 Å². The smallest absolute Gasteiger partial charge is 0.299 e. The molecule has 1 rings (SSSR count). The molecule has 0 heterocycles. The molecule has 0 amide bonds. The minimum atomic E-state index is -3.56. The van der Waals surface area contributed by atoms with E-state index in [0.29, 0.717) is 22.5 Å². The standard InChI is InChI=1S/C11H17BrN2O3S/c1-8(2)7-13-18(15,16)14-11-6-9(17-3)4-5-10(11)12/h4-6,8,13-14H,7H2,1-3H3. The Hall–Kier alpha value is -0.790. The topological polar surface area (TPSA) is 67.4 Å². The number of anilines is 1. The summed E-state index contributed by atoms with van der Waals surface area (Å²) in [5.74, 6) is 0.829. The number of benzene rings is 1. The molecule has 0 atom stereocenters. The summed E-state index contributed by atoms with van der Waals surface area (Å²) in [6.07, 6.45) is 0. The summed E-state index contributed by atoms with van der Waals surface area (Å²) in [6.45, 7) is 4.25. The Morgan fingerprint density at radius 1 is 1.39 bits per heavy atom. The van der Waals surface area contributed by atoms with E-state index in [1.165, 1.54) is 7.11 Å². The van der Waals surface area contributed by atoms with Gasteiger partial charge in [-0.05, 0) is 34.0 Å². The molecular formula is C11H17BrN2O3S.